The molecule has 2 aromatic rings. The monoisotopic (exact) mass is 342 g/mol. The second-order valence-electron chi connectivity index (χ2n) is 4.49. The average molecular weight is 344 g/mol. The van der Waals surface area contributed by atoms with Gasteiger partial charge in [0.05, 0.1) is 15.7 Å². The summed E-state index contributed by atoms with van der Waals surface area (Å²) in [5, 5.41) is 4.01. The molecule has 0 radical (unpaired) electrons. The van der Waals surface area contributed by atoms with Crippen molar-refractivity contribution in [2.24, 2.45) is 0 Å². The van der Waals surface area contributed by atoms with Gasteiger partial charge in [0.15, 0.2) is 0 Å². The third-order valence-electron chi connectivity index (χ3n) is 2.93. The minimum atomic E-state index is -0.249. The van der Waals surface area contributed by atoms with Gasteiger partial charge >= 0.3 is 0 Å². The Bertz CT molecular complexity index is 651. The number of nitrogens with two attached hydrogens (primary N) is 1. The zero-order valence-corrected chi connectivity index (χ0v) is 13.3. The number of anilines is 1. The van der Waals surface area contributed by atoms with Crippen molar-refractivity contribution in [3.8, 4) is 0 Å². The van der Waals surface area contributed by atoms with Crippen LogP contribution in [0.4, 0.5) is 5.69 Å². The predicted octanol–water partition coefficient (Wildman–Crippen LogP) is 4.20. The van der Waals surface area contributed by atoms with E-state index < -0.39 is 0 Å². The number of nitrogen functional groups attached to an aromatic ring is 1. The molecule has 0 bridgehead atoms. The molecule has 0 aliphatic rings. The summed E-state index contributed by atoms with van der Waals surface area (Å²) in [5.41, 5.74) is 7.34. The van der Waals surface area contributed by atoms with Crippen molar-refractivity contribution in [1.29, 1.82) is 0 Å². The highest BCUT2D eigenvalue weighted by Gasteiger charge is 2.10. The van der Waals surface area contributed by atoms with E-state index in [0.29, 0.717) is 23.6 Å². The van der Waals surface area contributed by atoms with Gasteiger partial charge in [-0.3, -0.25) is 4.79 Å². The lowest BCUT2D eigenvalue weighted by Crippen LogP contribution is -2.25. The third kappa shape index (κ3) is 4.27. The fourth-order valence-corrected chi connectivity index (χ4v) is 2.53. The van der Waals surface area contributed by atoms with Gasteiger partial charge in [-0.15, -0.1) is 0 Å². The zero-order chi connectivity index (χ0) is 15.4. The molecule has 0 atom stereocenters. The van der Waals surface area contributed by atoms with Crippen molar-refractivity contribution in [3.63, 3.8) is 0 Å². The van der Waals surface area contributed by atoms with Crippen LogP contribution in [0, 0.1) is 0 Å². The third-order valence-corrected chi connectivity index (χ3v) is 3.79. The standard InChI is InChI=1S/C15H13Cl3N2O/c16-11-3-1-2-9(6-11)4-5-20-15(21)10-7-12(17)14(19)13(18)8-10/h1-3,6-8H,4-5,19H2,(H,20,21). The normalized spacial score (nSPS) is 10.4. The van der Waals surface area contributed by atoms with Crippen LogP contribution in [0.25, 0.3) is 0 Å². The van der Waals surface area contributed by atoms with Gasteiger partial charge in [0.1, 0.15) is 0 Å². The minimum Gasteiger partial charge on any atom is -0.396 e. The van der Waals surface area contributed by atoms with E-state index >= 15 is 0 Å². The van der Waals surface area contributed by atoms with Gasteiger partial charge in [0, 0.05) is 17.1 Å². The van der Waals surface area contributed by atoms with Gasteiger partial charge in [-0.1, -0.05) is 46.9 Å². The van der Waals surface area contributed by atoms with E-state index in [9.17, 15) is 4.79 Å². The number of carbonyl (C=O) groups is 1. The van der Waals surface area contributed by atoms with Crippen molar-refractivity contribution >= 4 is 46.4 Å². The van der Waals surface area contributed by atoms with Crippen molar-refractivity contribution in [3.05, 3.63) is 62.6 Å². The van der Waals surface area contributed by atoms with Crippen LogP contribution >= 0.6 is 34.8 Å². The molecular weight excluding hydrogens is 331 g/mol. The topological polar surface area (TPSA) is 55.1 Å². The molecule has 21 heavy (non-hydrogen) atoms. The molecule has 0 saturated carbocycles. The van der Waals surface area contributed by atoms with Crippen LogP contribution in [0.15, 0.2) is 36.4 Å². The fraction of sp³-hybridized carbons (Fsp3) is 0.133. The number of halogens is 3. The number of nitrogens with one attached hydrogen (secondary N) is 1. The van der Waals surface area contributed by atoms with Gasteiger partial charge in [0.2, 0.25) is 0 Å². The Morgan fingerprint density at radius 1 is 1.10 bits per heavy atom. The first-order valence-electron chi connectivity index (χ1n) is 6.24. The van der Waals surface area contributed by atoms with Crippen LogP contribution in [-0.2, 0) is 6.42 Å². The Balaban J connectivity index is 1.96. The summed E-state index contributed by atoms with van der Waals surface area (Å²) in [6.45, 7) is 0.485. The Morgan fingerprint density at radius 3 is 2.38 bits per heavy atom. The smallest absolute Gasteiger partial charge is 0.251 e. The number of carbonyl (C=O) groups excluding carboxylic acids is 1. The molecule has 3 N–H and O–H groups in total. The second-order valence-corrected chi connectivity index (χ2v) is 5.74. The van der Waals surface area contributed by atoms with Gasteiger partial charge in [0.25, 0.3) is 5.91 Å². The summed E-state index contributed by atoms with van der Waals surface area (Å²) in [7, 11) is 0. The van der Waals surface area contributed by atoms with Crippen molar-refractivity contribution in [1.82, 2.24) is 5.32 Å². The SMILES string of the molecule is Nc1c(Cl)cc(C(=O)NCCc2cccc(Cl)c2)cc1Cl. The molecule has 3 nitrogen and oxygen atoms in total. The van der Waals surface area contributed by atoms with Crippen LogP contribution in [-0.4, -0.2) is 12.5 Å². The molecule has 0 saturated heterocycles. The quantitative estimate of drug-likeness (QED) is 0.817. The lowest BCUT2D eigenvalue weighted by molar-refractivity contribution is 0.0954. The molecule has 0 aliphatic heterocycles. The van der Waals surface area contributed by atoms with Crippen LogP contribution in [0.1, 0.15) is 15.9 Å². The minimum absolute atomic E-state index is 0.249. The molecule has 0 aromatic heterocycles. The van der Waals surface area contributed by atoms with E-state index in [1.165, 1.54) is 12.1 Å². The van der Waals surface area contributed by atoms with Crippen molar-refractivity contribution < 1.29 is 4.79 Å². The van der Waals surface area contributed by atoms with Crippen LogP contribution in [0.3, 0.4) is 0 Å². The summed E-state index contributed by atoms with van der Waals surface area (Å²) < 4.78 is 0. The molecule has 0 fully saturated rings. The summed E-state index contributed by atoms with van der Waals surface area (Å²) in [6.07, 6.45) is 0.683. The molecule has 0 aliphatic carbocycles. The largest absolute Gasteiger partial charge is 0.396 e. The van der Waals surface area contributed by atoms with E-state index in [4.69, 9.17) is 40.5 Å². The van der Waals surface area contributed by atoms with Gasteiger partial charge in [-0.25, -0.2) is 0 Å². The second kappa shape index (κ2) is 7.03. The highest BCUT2D eigenvalue weighted by Crippen LogP contribution is 2.28. The highest BCUT2D eigenvalue weighted by molar-refractivity contribution is 6.39. The first-order valence-corrected chi connectivity index (χ1v) is 7.38. The van der Waals surface area contributed by atoms with Crippen LogP contribution in [0.2, 0.25) is 15.1 Å². The Hall–Kier alpha value is -1.42. The first-order chi connectivity index (χ1) is 9.97. The molecule has 6 heteroatoms. The van der Waals surface area contributed by atoms with E-state index in [0.717, 1.165) is 5.56 Å². The predicted molar refractivity (Wildman–Crippen MR) is 88.4 cm³/mol. The Morgan fingerprint density at radius 2 is 1.76 bits per heavy atom. The van der Waals surface area contributed by atoms with Crippen molar-refractivity contribution in [2.75, 3.05) is 12.3 Å². The van der Waals surface area contributed by atoms with E-state index in [2.05, 4.69) is 5.32 Å². The maximum absolute atomic E-state index is 12.0. The number of benzene rings is 2. The molecule has 1 amide bonds. The van der Waals surface area contributed by atoms with Gasteiger partial charge < -0.3 is 11.1 Å². The Kier molecular flexibility index (Phi) is 5.34. The molecular formula is C15H13Cl3N2O. The lowest BCUT2D eigenvalue weighted by atomic mass is 10.1. The molecule has 0 heterocycles. The zero-order valence-electron chi connectivity index (χ0n) is 11.0. The fourth-order valence-electron chi connectivity index (χ4n) is 1.83. The maximum Gasteiger partial charge on any atom is 0.251 e. The van der Waals surface area contributed by atoms with E-state index in [-0.39, 0.29) is 21.6 Å². The van der Waals surface area contributed by atoms with E-state index in [1.54, 1.807) is 0 Å². The molecule has 0 unspecified atom stereocenters. The number of hydrogen-bond acceptors (Lipinski definition) is 2. The molecule has 2 rings (SSSR count). The average Bonchev–Trinajstić information content (AvgIpc) is 2.44. The van der Waals surface area contributed by atoms with Crippen molar-refractivity contribution in [2.45, 2.75) is 6.42 Å². The summed E-state index contributed by atoms with van der Waals surface area (Å²) in [6, 6.07) is 10.5. The van der Waals surface area contributed by atoms with Crippen LogP contribution in [0.5, 0.6) is 0 Å². The van der Waals surface area contributed by atoms with Crippen LogP contribution < -0.4 is 11.1 Å². The lowest BCUT2D eigenvalue weighted by Gasteiger charge is -2.08. The number of amides is 1. The summed E-state index contributed by atoms with van der Waals surface area (Å²) in [5.74, 6) is -0.249. The Labute approximate surface area is 138 Å². The molecule has 0 spiro atoms. The van der Waals surface area contributed by atoms with Gasteiger partial charge in [-0.2, -0.15) is 0 Å². The first kappa shape index (κ1) is 16.0. The van der Waals surface area contributed by atoms with Gasteiger partial charge in [-0.05, 0) is 36.2 Å². The summed E-state index contributed by atoms with van der Waals surface area (Å²) >= 11 is 17.7. The summed E-state index contributed by atoms with van der Waals surface area (Å²) in [4.78, 5) is 12.0. The molecule has 2 aromatic carbocycles. The van der Waals surface area contributed by atoms with E-state index in [1.807, 2.05) is 24.3 Å². The number of hydrogen-bond donors (Lipinski definition) is 2. The molecule has 110 valence electrons. The number of rotatable bonds is 4. The maximum atomic E-state index is 12.0. The highest BCUT2D eigenvalue weighted by atomic mass is 35.5.